The summed E-state index contributed by atoms with van der Waals surface area (Å²) in [6, 6.07) is 4.82. The van der Waals surface area contributed by atoms with Crippen molar-refractivity contribution >= 4 is 21.4 Å². The van der Waals surface area contributed by atoms with Crippen LogP contribution in [0.25, 0.3) is 0 Å². The van der Waals surface area contributed by atoms with E-state index in [0.717, 1.165) is 24.2 Å². The van der Waals surface area contributed by atoms with E-state index in [9.17, 15) is 8.42 Å². The summed E-state index contributed by atoms with van der Waals surface area (Å²) in [5.41, 5.74) is 0. The van der Waals surface area contributed by atoms with Crippen LogP contribution in [0.2, 0.25) is 0 Å². The molecule has 0 aromatic carbocycles. The maximum absolute atomic E-state index is 12.2. The van der Waals surface area contributed by atoms with E-state index >= 15 is 0 Å². The summed E-state index contributed by atoms with van der Waals surface area (Å²) in [7, 11) is -3.52. The number of sulfonamides is 1. The SMILES string of the molecule is CC(NS(=O)(=O)c1ccc(C#N)s1)C1CCOCC1. The second-order valence-corrected chi connectivity index (χ2v) is 7.61. The van der Waals surface area contributed by atoms with Crippen molar-refractivity contribution in [2.45, 2.75) is 30.0 Å². The van der Waals surface area contributed by atoms with Gasteiger partial charge in [0.25, 0.3) is 0 Å². The molecule has 1 saturated heterocycles. The van der Waals surface area contributed by atoms with E-state index in [1.165, 1.54) is 12.1 Å². The van der Waals surface area contributed by atoms with E-state index in [4.69, 9.17) is 10.00 Å². The molecule has 0 aliphatic carbocycles. The Kier molecular flexibility index (Phi) is 4.58. The lowest BCUT2D eigenvalue weighted by Crippen LogP contribution is -2.39. The average molecular weight is 300 g/mol. The smallest absolute Gasteiger partial charge is 0.250 e. The summed E-state index contributed by atoms with van der Waals surface area (Å²) in [6.07, 6.45) is 1.75. The molecule has 1 N–H and O–H groups in total. The van der Waals surface area contributed by atoms with E-state index in [1.807, 2.05) is 13.0 Å². The molecule has 1 aromatic rings. The molecule has 104 valence electrons. The van der Waals surface area contributed by atoms with Crippen LogP contribution in [0.15, 0.2) is 16.3 Å². The number of nitriles is 1. The first-order valence-corrected chi connectivity index (χ1v) is 8.43. The van der Waals surface area contributed by atoms with Crippen LogP contribution in [-0.4, -0.2) is 27.7 Å². The molecule has 1 aromatic heterocycles. The number of hydrogen-bond donors (Lipinski definition) is 1. The monoisotopic (exact) mass is 300 g/mol. The quantitative estimate of drug-likeness (QED) is 0.918. The molecule has 5 nitrogen and oxygen atoms in total. The summed E-state index contributed by atoms with van der Waals surface area (Å²) in [5, 5.41) is 8.73. The number of nitrogens with zero attached hydrogens (tertiary/aromatic N) is 1. The van der Waals surface area contributed by atoms with Crippen LogP contribution in [0.4, 0.5) is 0 Å². The Morgan fingerprint density at radius 3 is 2.74 bits per heavy atom. The molecule has 1 aliphatic rings. The van der Waals surface area contributed by atoms with Gasteiger partial charge in [0.2, 0.25) is 10.0 Å². The molecule has 19 heavy (non-hydrogen) atoms. The number of hydrogen-bond acceptors (Lipinski definition) is 5. The van der Waals surface area contributed by atoms with Crippen LogP contribution in [-0.2, 0) is 14.8 Å². The Labute approximate surface area is 117 Å². The van der Waals surface area contributed by atoms with Crippen LogP contribution in [0.5, 0.6) is 0 Å². The van der Waals surface area contributed by atoms with Gasteiger partial charge in [-0.15, -0.1) is 11.3 Å². The summed E-state index contributed by atoms with van der Waals surface area (Å²) in [6.45, 7) is 3.26. The van der Waals surface area contributed by atoms with Gasteiger partial charge in [-0.05, 0) is 37.8 Å². The lowest BCUT2D eigenvalue weighted by Gasteiger charge is -2.27. The van der Waals surface area contributed by atoms with E-state index in [-0.39, 0.29) is 10.3 Å². The van der Waals surface area contributed by atoms with Crippen molar-refractivity contribution in [1.29, 1.82) is 5.26 Å². The summed E-state index contributed by atoms with van der Waals surface area (Å²) < 4.78 is 32.5. The van der Waals surface area contributed by atoms with Gasteiger partial charge in [0.05, 0.1) is 0 Å². The third kappa shape index (κ3) is 3.54. The maximum atomic E-state index is 12.2. The molecule has 1 unspecified atom stereocenters. The Balaban J connectivity index is 2.06. The highest BCUT2D eigenvalue weighted by molar-refractivity contribution is 7.91. The first kappa shape index (κ1) is 14.5. The van der Waals surface area contributed by atoms with Crippen molar-refractivity contribution in [3.05, 3.63) is 17.0 Å². The number of ether oxygens (including phenoxy) is 1. The van der Waals surface area contributed by atoms with Crippen molar-refractivity contribution in [2.75, 3.05) is 13.2 Å². The van der Waals surface area contributed by atoms with Gasteiger partial charge in [-0.2, -0.15) is 5.26 Å². The molecular weight excluding hydrogens is 284 g/mol. The molecule has 1 fully saturated rings. The van der Waals surface area contributed by atoms with Crippen LogP contribution in [0, 0.1) is 17.2 Å². The normalized spacial score (nSPS) is 18.9. The van der Waals surface area contributed by atoms with Gasteiger partial charge in [-0.25, -0.2) is 13.1 Å². The predicted octanol–water partition coefficient (Wildman–Crippen LogP) is 1.71. The van der Waals surface area contributed by atoms with E-state index in [1.54, 1.807) is 0 Å². The fraction of sp³-hybridized carbons (Fsp3) is 0.583. The highest BCUT2D eigenvalue weighted by Crippen LogP contribution is 2.24. The van der Waals surface area contributed by atoms with E-state index in [2.05, 4.69) is 4.72 Å². The topological polar surface area (TPSA) is 79.2 Å². The number of nitrogens with one attached hydrogen (secondary N) is 1. The van der Waals surface area contributed by atoms with Crippen molar-refractivity contribution in [1.82, 2.24) is 4.72 Å². The molecule has 0 spiro atoms. The number of rotatable bonds is 4. The molecule has 7 heteroatoms. The lowest BCUT2D eigenvalue weighted by atomic mass is 9.94. The lowest BCUT2D eigenvalue weighted by molar-refractivity contribution is 0.0586. The minimum Gasteiger partial charge on any atom is -0.381 e. The van der Waals surface area contributed by atoms with Crippen molar-refractivity contribution in [3.8, 4) is 6.07 Å². The standard InChI is InChI=1S/C12H16N2O3S2/c1-9(10-4-6-17-7-5-10)14-19(15,16)12-3-2-11(8-13)18-12/h2-3,9-10,14H,4-7H2,1H3. The van der Waals surface area contributed by atoms with Gasteiger partial charge in [0.1, 0.15) is 15.2 Å². The molecule has 0 saturated carbocycles. The molecule has 0 bridgehead atoms. The molecule has 0 amide bonds. The van der Waals surface area contributed by atoms with Crippen LogP contribution < -0.4 is 4.72 Å². The van der Waals surface area contributed by atoms with Crippen LogP contribution >= 0.6 is 11.3 Å². The van der Waals surface area contributed by atoms with Gasteiger partial charge in [-0.1, -0.05) is 0 Å². The maximum Gasteiger partial charge on any atom is 0.250 e. The van der Waals surface area contributed by atoms with Gasteiger partial charge in [-0.3, -0.25) is 0 Å². The van der Waals surface area contributed by atoms with Crippen LogP contribution in [0.1, 0.15) is 24.6 Å². The number of thiophene rings is 1. The van der Waals surface area contributed by atoms with Crippen molar-refractivity contribution < 1.29 is 13.2 Å². The molecular formula is C12H16N2O3S2. The van der Waals surface area contributed by atoms with Crippen molar-refractivity contribution in [3.63, 3.8) is 0 Å². The minimum atomic E-state index is -3.52. The Hall–Kier alpha value is -0.940. The molecule has 2 heterocycles. The first-order chi connectivity index (χ1) is 9.03. The zero-order valence-corrected chi connectivity index (χ0v) is 12.3. The largest absolute Gasteiger partial charge is 0.381 e. The highest BCUT2D eigenvalue weighted by atomic mass is 32.2. The molecule has 1 atom stereocenters. The summed E-state index contributed by atoms with van der Waals surface area (Å²) in [4.78, 5) is 0.402. The minimum absolute atomic E-state index is 0.124. The molecule has 2 rings (SSSR count). The summed E-state index contributed by atoms with van der Waals surface area (Å²) >= 11 is 0.992. The van der Waals surface area contributed by atoms with E-state index < -0.39 is 10.0 Å². The van der Waals surface area contributed by atoms with Gasteiger partial charge < -0.3 is 4.74 Å². The average Bonchev–Trinajstić information content (AvgIpc) is 2.89. The molecule has 0 radical (unpaired) electrons. The second-order valence-electron chi connectivity index (χ2n) is 4.59. The first-order valence-electron chi connectivity index (χ1n) is 6.13. The Bertz CT molecular complexity index is 568. The zero-order chi connectivity index (χ0) is 13.9. The van der Waals surface area contributed by atoms with Gasteiger partial charge in [0.15, 0.2) is 0 Å². The third-order valence-electron chi connectivity index (χ3n) is 3.27. The highest BCUT2D eigenvalue weighted by Gasteiger charge is 2.26. The van der Waals surface area contributed by atoms with E-state index in [0.29, 0.717) is 24.0 Å². The fourth-order valence-corrected chi connectivity index (χ4v) is 4.57. The Morgan fingerprint density at radius 1 is 1.47 bits per heavy atom. The Morgan fingerprint density at radius 2 is 2.16 bits per heavy atom. The predicted molar refractivity (Wildman–Crippen MR) is 72.4 cm³/mol. The van der Waals surface area contributed by atoms with Crippen molar-refractivity contribution in [2.24, 2.45) is 5.92 Å². The van der Waals surface area contributed by atoms with Crippen LogP contribution in [0.3, 0.4) is 0 Å². The van der Waals surface area contributed by atoms with Gasteiger partial charge >= 0.3 is 0 Å². The van der Waals surface area contributed by atoms with Gasteiger partial charge in [0, 0.05) is 19.3 Å². The molecule has 1 aliphatic heterocycles. The fourth-order valence-electron chi connectivity index (χ4n) is 2.14. The second kappa shape index (κ2) is 6.01. The zero-order valence-electron chi connectivity index (χ0n) is 10.6. The summed E-state index contributed by atoms with van der Waals surface area (Å²) in [5.74, 6) is 0.305. The third-order valence-corrected chi connectivity index (χ3v) is 6.31.